The lowest BCUT2D eigenvalue weighted by Gasteiger charge is -2.26. The van der Waals surface area contributed by atoms with Crippen LogP contribution in [0.3, 0.4) is 0 Å². The fraction of sp³-hybridized carbons (Fsp3) is 0.588. The largest absolute Gasteiger partial charge is 0.325 e. The third-order valence-corrected chi connectivity index (χ3v) is 4.12. The van der Waals surface area contributed by atoms with Gasteiger partial charge in [-0.05, 0) is 43.4 Å². The van der Waals surface area contributed by atoms with Gasteiger partial charge in [0.25, 0.3) is 0 Å². The zero-order valence-corrected chi connectivity index (χ0v) is 12.4. The lowest BCUT2D eigenvalue weighted by Crippen LogP contribution is -2.30. The van der Waals surface area contributed by atoms with Crippen molar-refractivity contribution >= 4 is 11.6 Å². The molecule has 1 aromatic carbocycles. The van der Waals surface area contributed by atoms with Crippen LogP contribution in [0.15, 0.2) is 30.3 Å². The lowest BCUT2D eigenvalue weighted by molar-refractivity contribution is -0.115. The average molecular weight is 274 g/mol. The molecule has 1 aromatic rings. The van der Waals surface area contributed by atoms with E-state index >= 15 is 0 Å². The molecule has 20 heavy (non-hydrogen) atoms. The summed E-state index contributed by atoms with van der Waals surface area (Å²) in [5, 5.41) is 6.14. The highest BCUT2D eigenvalue weighted by atomic mass is 16.1. The van der Waals surface area contributed by atoms with Gasteiger partial charge < -0.3 is 10.6 Å². The first-order valence-corrected chi connectivity index (χ1v) is 7.79. The smallest absolute Gasteiger partial charge is 0.238 e. The van der Waals surface area contributed by atoms with Crippen molar-refractivity contribution in [2.24, 2.45) is 11.8 Å². The van der Waals surface area contributed by atoms with Crippen LogP contribution in [0, 0.1) is 11.8 Å². The number of para-hydroxylation sites is 1. The van der Waals surface area contributed by atoms with E-state index in [9.17, 15) is 4.79 Å². The van der Waals surface area contributed by atoms with Gasteiger partial charge in [-0.3, -0.25) is 4.79 Å². The molecule has 2 atom stereocenters. The zero-order chi connectivity index (χ0) is 14.2. The molecule has 1 aliphatic rings. The molecular formula is C17H26N2O. The second-order valence-corrected chi connectivity index (χ2v) is 6.02. The first-order valence-electron chi connectivity index (χ1n) is 7.79. The highest BCUT2D eigenvalue weighted by Crippen LogP contribution is 2.30. The Hall–Kier alpha value is -1.35. The number of hydrogen-bond donors (Lipinski definition) is 2. The number of carbonyl (C=O) groups is 1. The molecule has 0 saturated heterocycles. The Morgan fingerprint density at radius 3 is 2.80 bits per heavy atom. The predicted octanol–water partition coefficient (Wildman–Crippen LogP) is 3.43. The molecule has 2 rings (SSSR count). The number of benzene rings is 1. The lowest BCUT2D eigenvalue weighted by atomic mass is 9.81. The Bertz CT molecular complexity index is 405. The van der Waals surface area contributed by atoms with Crippen LogP contribution in [-0.2, 0) is 4.79 Å². The number of rotatable bonds is 6. The van der Waals surface area contributed by atoms with Crippen molar-refractivity contribution in [2.45, 2.75) is 39.0 Å². The van der Waals surface area contributed by atoms with Crippen LogP contribution >= 0.6 is 0 Å². The maximum absolute atomic E-state index is 11.7. The Morgan fingerprint density at radius 1 is 1.25 bits per heavy atom. The van der Waals surface area contributed by atoms with Crippen LogP contribution in [0.4, 0.5) is 5.69 Å². The molecule has 0 aromatic heterocycles. The standard InChI is InChI=1S/C17H26N2O/c1-14-6-5-7-15(12-14)10-11-18-13-17(20)19-16-8-3-2-4-9-16/h2-4,8-9,14-15,18H,5-7,10-13H2,1H3,(H,19,20). The summed E-state index contributed by atoms with van der Waals surface area (Å²) in [5.74, 6) is 1.77. The van der Waals surface area contributed by atoms with Crippen LogP contribution in [0.1, 0.15) is 39.0 Å². The van der Waals surface area contributed by atoms with Crippen molar-refractivity contribution in [2.75, 3.05) is 18.4 Å². The van der Waals surface area contributed by atoms with Crippen molar-refractivity contribution < 1.29 is 4.79 Å². The Morgan fingerprint density at radius 2 is 2.05 bits per heavy atom. The minimum Gasteiger partial charge on any atom is -0.325 e. The van der Waals surface area contributed by atoms with Gasteiger partial charge in [-0.2, -0.15) is 0 Å². The van der Waals surface area contributed by atoms with Gasteiger partial charge in [0.15, 0.2) is 0 Å². The van der Waals surface area contributed by atoms with Gasteiger partial charge in [0, 0.05) is 5.69 Å². The quantitative estimate of drug-likeness (QED) is 0.780. The molecule has 0 aliphatic heterocycles. The van der Waals surface area contributed by atoms with Crippen molar-refractivity contribution in [1.82, 2.24) is 5.32 Å². The molecule has 0 bridgehead atoms. The summed E-state index contributed by atoms with van der Waals surface area (Å²) >= 11 is 0. The number of amides is 1. The van der Waals surface area contributed by atoms with Crippen LogP contribution in [0.2, 0.25) is 0 Å². The molecule has 1 saturated carbocycles. The van der Waals surface area contributed by atoms with E-state index in [0.29, 0.717) is 6.54 Å². The maximum atomic E-state index is 11.7. The molecule has 1 aliphatic carbocycles. The monoisotopic (exact) mass is 274 g/mol. The van der Waals surface area contributed by atoms with Crippen LogP contribution < -0.4 is 10.6 Å². The van der Waals surface area contributed by atoms with E-state index in [1.807, 2.05) is 30.3 Å². The third-order valence-electron chi connectivity index (χ3n) is 4.12. The van der Waals surface area contributed by atoms with Crippen molar-refractivity contribution in [3.05, 3.63) is 30.3 Å². The molecule has 3 heteroatoms. The van der Waals surface area contributed by atoms with Gasteiger partial charge in [-0.25, -0.2) is 0 Å². The van der Waals surface area contributed by atoms with Crippen molar-refractivity contribution in [1.29, 1.82) is 0 Å². The fourth-order valence-corrected chi connectivity index (χ4v) is 3.06. The summed E-state index contributed by atoms with van der Waals surface area (Å²) < 4.78 is 0. The van der Waals surface area contributed by atoms with Gasteiger partial charge in [0.05, 0.1) is 6.54 Å². The van der Waals surface area contributed by atoms with E-state index in [2.05, 4.69) is 17.6 Å². The molecule has 0 spiro atoms. The Kier molecular flexibility index (Phi) is 6.06. The maximum Gasteiger partial charge on any atom is 0.238 e. The number of nitrogens with one attached hydrogen (secondary N) is 2. The van der Waals surface area contributed by atoms with E-state index in [0.717, 1.165) is 24.1 Å². The van der Waals surface area contributed by atoms with E-state index in [1.165, 1.54) is 32.1 Å². The van der Waals surface area contributed by atoms with E-state index in [-0.39, 0.29) is 5.91 Å². The minimum absolute atomic E-state index is 0.0354. The Balaban J connectivity index is 1.57. The summed E-state index contributed by atoms with van der Waals surface area (Å²) in [6.45, 7) is 3.70. The van der Waals surface area contributed by atoms with E-state index in [4.69, 9.17) is 0 Å². The molecule has 0 heterocycles. The first-order chi connectivity index (χ1) is 9.74. The highest BCUT2D eigenvalue weighted by molar-refractivity contribution is 5.92. The summed E-state index contributed by atoms with van der Waals surface area (Å²) in [6, 6.07) is 9.60. The molecular weight excluding hydrogens is 248 g/mol. The van der Waals surface area contributed by atoms with Gasteiger partial charge in [-0.1, -0.05) is 44.4 Å². The fourth-order valence-electron chi connectivity index (χ4n) is 3.06. The summed E-state index contributed by atoms with van der Waals surface area (Å²) in [4.78, 5) is 11.7. The summed E-state index contributed by atoms with van der Waals surface area (Å²) in [5.41, 5.74) is 0.861. The average Bonchev–Trinajstić information content (AvgIpc) is 2.45. The van der Waals surface area contributed by atoms with Gasteiger partial charge in [0.2, 0.25) is 5.91 Å². The highest BCUT2D eigenvalue weighted by Gasteiger charge is 2.18. The number of carbonyl (C=O) groups excluding carboxylic acids is 1. The normalized spacial score (nSPS) is 22.4. The first kappa shape index (κ1) is 15.0. The number of anilines is 1. The van der Waals surface area contributed by atoms with Gasteiger partial charge in [0.1, 0.15) is 0 Å². The number of hydrogen-bond acceptors (Lipinski definition) is 2. The molecule has 0 radical (unpaired) electrons. The molecule has 110 valence electrons. The molecule has 1 fully saturated rings. The van der Waals surface area contributed by atoms with E-state index in [1.54, 1.807) is 0 Å². The van der Waals surface area contributed by atoms with Crippen LogP contribution in [0.5, 0.6) is 0 Å². The molecule has 1 amide bonds. The van der Waals surface area contributed by atoms with E-state index < -0.39 is 0 Å². The summed E-state index contributed by atoms with van der Waals surface area (Å²) in [6.07, 6.45) is 6.69. The second-order valence-electron chi connectivity index (χ2n) is 6.02. The zero-order valence-electron chi connectivity index (χ0n) is 12.4. The third kappa shape index (κ3) is 5.33. The molecule has 3 nitrogen and oxygen atoms in total. The van der Waals surface area contributed by atoms with Crippen LogP contribution in [0.25, 0.3) is 0 Å². The topological polar surface area (TPSA) is 41.1 Å². The minimum atomic E-state index is 0.0354. The molecule has 2 unspecified atom stereocenters. The Labute approximate surface area is 122 Å². The van der Waals surface area contributed by atoms with Gasteiger partial charge >= 0.3 is 0 Å². The van der Waals surface area contributed by atoms with Crippen molar-refractivity contribution in [3.8, 4) is 0 Å². The van der Waals surface area contributed by atoms with Gasteiger partial charge in [-0.15, -0.1) is 0 Å². The predicted molar refractivity (Wildman–Crippen MR) is 83.7 cm³/mol. The summed E-state index contributed by atoms with van der Waals surface area (Å²) in [7, 11) is 0. The SMILES string of the molecule is CC1CCCC(CCNCC(=O)Nc2ccccc2)C1. The molecule has 2 N–H and O–H groups in total. The van der Waals surface area contributed by atoms with Crippen molar-refractivity contribution in [3.63, 3.8) is 0 Å². The second kappa shape index (κ2) is 8.05. The van der Waals surface area contributed by atoms with Crippen LogP contribution in [-0.4, -0.2) is 19.0 Å².